The minimum Gasteiger partial charge on any atom is -0.391 e. The maximum atomic E-state index is 12.6. The summed E-state index contributed by atoms with van der Waals surface area (Å²) in [5.74, 6) is -1.16. The molecule has 1 N–H and O–H groups in total. The van der Waals surface area contributed by atoms with Gasteiger partial charge in [0.2, 0.25) is 0 Å². The number of nitrogens with zero attached hydrogens (tertiary/aromatic N) is 1. The first-order valence-corrected chi connectivity index (χ1v) is 6.89. The maximum absolute atomic E-state index is 12.6. The van der Waals surface area contributed by atoms with Gasteiger partial charge in [0.1, 0.15) is 0 Å². The summed E-state index contributed by atoms with van der Waals surface area (Å²) < 4.78 is 37.7. The van der Waals surface area contributed by atoms with Crippen molar-refractivity contribution in [2.75, 3.05) is 13.1 Å². The van der Waals surface area contributed by atoms with Gasteiger partial charge in [-0.15, -0.1) is 0 Å². The van der Waals surface area contributed by atoms with Crippen LogP contribution in [-0.4, -0.2) is 41.4 Å². The second kappa shape index (κ2) is 6.75. The van der Waals surface area contributed by atoms with Gasteiger partial charge >= 0.3 is 6.18 Å². The van der Waals surface area contributed by atoms with E-state index >= 15 is 0 Å². The van der Waals surface area contributed by atoms with Crippen molar-refractivity contribution in [2.24, 2.45) is 5.92 Å². The maximum Gasteiger partial charge on any atom is 0.391 e. The molecule has 2 atom stereocenters. The van der Waals surface area contributed by atoms with Gasteiger partial charge in [0, 0.05) is 6.04 Å². The number of hydrogen-bond acceptors (Lipinski definition) is 2. The summed E-state index contributed by atoms with van der Waals surface area (Å²) in [7, 11) is 0. The Kier molecular flexibility index (Phi) is 5.92. The fourth-order valence-corrected chi connectivity index (χ4v) is 2.82. The van der Waals surface area contributed by atoms with Gasteiger partial charge in [0.25, 0.3) is 0 Å². The molecule has 1 saturated heterocycles. The molecular weight excluding hydrogens is 243 g/mol. The van der Waals surface area contributed by atoms with Crippen LogP contribution in [0.4, 0.5) is 13.2 Å². The van der Waals surface area contributed by atoms with Crippen LogP contribution >= 0.6 is 0 Å². The predicted octanol–water partition coefficient (Wildman–Crippen LogP) is 3.20. The Hall–Kier alpha value is -0.290. The number of piperidine rings is 1. The lowest BCUT2D eigenvalue weighted by Gasteiger charge is -2.39. The number of rotatable bonds is 5. The summed E-state index contributed by atoms with van der Waals surface area (Å²) in [4.78, 5) is 2.03. The summed E-state index contributed by atoms with van der Waals surface area (Å²) in [5, 5.41) is 10.0. The molecule has 108 valence electrons. The summed E-state index contributed by atoms with van der Waals surface area (Å²) in [6, 6.07) is 0.0131. The molecule has 1 aliphatic rings. The zero-order valence-electron chi connectivity index (χ0n) is 11.2. The number of likely N-dealkylation sites (tertiary alicyclic amines) is 1. The van der Waals surface area contributed by atoms with Crippen LogP contribution in [0.25, 0.3) is 0 Å². The second-order valence-corrected chi connectivity index (χ2v) is 5.18. The molecule has 18 heavy (non-hydrogen) atoms. The summed E-state index contributed by atoms with van der Waals surface area (Å²) >= 11 is 0. The van der Waals surface area contributed by atoms with Crippen molar-refractivity contribution in [3.8, 4) is 0 Å². The van der Waals surface area contributed by atoms with Crippen molar-refractivity contribution in [3.63, 3.8) is 0 Å². The number of halogens is 3. The zero-order chi connectivity index (χ0) is 13.8. The predicted molar refractivity (Wildman–Crippen MR) is 65.3 cm³/mol. The van der Waals surface area contributed by atoms with Crippen molar-refractivity contribution in [1.82, 2.24) is 4.90 Å². The standard InChI is InChI=1S/C13H24F3NO/c1-3-5-12(18)11(4-2)17-8-6-10(7-9-17)13(14,15)16/h10-12,18H,3-9H2,1-2H3. The molecule has 0 aromatic heterocycles. The quantitative estimate of drug-likeness (QED) is 0.827. The first-order valence-electron chi connectivity index (χ1n) is 6.89. The van der Waals surface area contributed by atoms with Crippen LogP contribution in [0, 0.1) is 5.92 Å². The fraction of sp³-hybridized carbons (Fsp3) is 1.00. The van der Waals surface area contributed by atoms with Crippen LogP contribution in [0.1, 0.15) is 46.0 Å². The van der Waals surface area contributed by atoms with E-state index in [2.05, 4.69) is 0 Å². The van der Waals surface area contributed by atoms with Gasteiger partial charge in [-0.2, -0.15) is 13.2 Å². The van der Waals surface area contributed by atoms with Crippen molar-refractivity contribution in [1.29, 1.82) is 0 Å². The Bertz CT molecular complexity index is 237. The van der Waals surface area contributed by atoms with E-state index in [9.17, 15) is 18.3 Å². The smallest absolute Gasteiger partial charge is 0.391 e. The van der Waals surface area contributed by atoms with E-state index in [1.165, 1.54) is 0 Å². The number of aliphatic hydroxyl groups is 1. The molecule has 0 saturated carbocycles. The molecular formula is C13H24F3NO. The van der Waals surface area contributed by atoms with Crippen molar-refractivity contribution in [2.45, 2.75) is 64.3 Å². The monoisotopic (exact) mass is 267 g/mol. The number of aliphatic hydroxyl groups excluding tert-OH is 1. The molecule has 1 heterocycles. The van der Waals surface area contributed by atoms with Gasteiger partial charge in [-0.3, -0.25) is 4.90 Å². The van der Waals surface area contributed by atoms with Crippen LogP contribution in [-0.2, 0) is 0 Å². The molecule has 0 amide bonds. The van der Waals surface area contributed by atoms with E-state index < -0.39 is 18.2 Å². The lowest BCUT2D eigenvalue weighted by molar-refractivity contribution is -0.187. The van der Waals surface area contributed by atoms with Crippen molar-refractivity contribution >= 4 is 0 Å². The van der Waals surface area contributed by atoms with Gasteiger partial charge in [-0.05, 0) is 38.8 Å². The Morgan fingerprint density at radius 2 is 1.78 bits per heavy atom. The van der Waals surface area contributed by atoms with Crippen LogP contribution < -0.4 is 0 Å². The Balaban J connectivity index is 2.50. The molecule has 5 heteroatoms. The third-order valence-electron chi connectivity index (χ3n) is 3.91. The third-order valence-corrected chi connectivity index (χ3v) is 3.91. The van der Waals surface area contributed by atoms with Crippen LogP contribution in [0.15, 0.2) is 0 Å². The van der Waals surface area contributed by atoms with E-state index in [4.69, 9.17) is 0 Å². The topological polar surface area (TPSA) is 23.5 Å². The normalized spacial score (nSPS) is 23.0. The van der Waals surface area contributed by atoms with Gasteiger partial charge < -0.3 is 5.11 Å². The summed E-state index contributed by atoms with van der Waals surface area (Å²) in [5.41, 5.74) is 0. The SMILES string of the molecule is CCCC(O)C(CC)N1CCC(C(F)(F)F)CC1. The lowest BCUT2D eigenvalue weighted by Crippen LogP contribution is -2.48. The van der Waals surface area contributed by atoms with Crippen molar-refractivity contribution < 1.29 is 18.3 Å². The fourth-order valence-electron chi connectivity index (χ4n) is 2.82. The first kappa shape index (κ1) is 15.8. The van der Waals surface area contributed by atoms with Gasteiger partial charge in [-0.1, -0.05) is 20.3 Å². The molecule has 1 fully saturated rings. The van der Waals surface area contributed by atoms with E-state index in [-0.39, 0.29) is 18.9 Å². The van der Waals surface area contributed by atoms with Gasteiger partial charge in [0.15, 0.2) is 0 Å². The molecule has 0 aromatic carbocycles. The summed E-state index contributed by atoms with van der Waals surface area (Å²) in [6.07, 6.45) is -1.73. The van der Waals surface area contributed by atoms with Gasteiger partial charge in [-0.25, -0.2) is 0 Å². The molecule has 0 spiro atoms. The van der Waals surface area contributed by atoms with E-state index in [0.29, 0.717) is 13.1 Å². The van der Waals surface area contributed by atoms with E-state index in [1.54, 1.807) is 0 Å². The Morgan fingerprint density at radius 1 is 1.22 bits per heavy atom. The van der Waals surface area contributed by atoms with Crippen LogP contribution in [0.3, 0.4) is 0 Å². The zero-order valence-corrected chi connectivity index (χ0v) is 11.2. The highest BCUT2D eigenvalue weighted by atomic mass is 19.4. The van der Waals surface area contributed by atoms with E-state index in [1.807, 2.05) is 18.7 Å². The van der Waals surface area contributed by atoms with Crippen molar-refractivity contribution in [3.05, 3.63) is 0 Å². The lowest BCUT2D eigenvalue weighted by atomic mass is 9.93. The molecule has 0 aliphatic carbocycles. The molecule has 2 nitrogen and oxygen atoms in total. The highest BCUT2D eigenvalue weighted by molar-refractivity contribution is 4.84. The second-order valence-electron chi connectivity index (χ2n) is 5.18. The average Bonchev–Trinajstić information content (AvgIpc) is 2.30. The molecule has 0 radical (unpaired) electrons. The molecule has 1 rings (SSSR count). The Morgan fingerprint density at radius 3 is 2.17 bits per heavy atom. The minimum atomic E-state index is -4.06. The third kappa shape index (κ3) is 4.12. The molecule has 2 unspecified atom stereocenters. The largest absolute Gasteiger partial charge is 0.391 e. The minimum absolute atomic E-state index is 0.0131. The molecule has 0 aromatic rings. The van der Waals surface area contributed by atoms with E-state index in [0.717, 1.165) is 19.3 Å². The highest BCUT2D eigenvalue weighted by Crippen LogP contribution is 2.35. The molecule has 1 aliphatic heterocycles. The summed E-state index contributed by atoms with van der Waals surface area (Å²) in [6.45, 7) is 4.89. The van der Waals surface area contributed by atoms with Crippen LogP contribution in [0.5, 0.6) is 0 Å². The number of alkyl halides is 3. The number of hydrogen-bond donors (Lipinski definition) is 1. The Labute approximate surface area is 107 Å². The highest BCUT2D eigenvalue weighted by Gasteiger charge is 2.42. The average molecular weight is 267 g/mol. The van der Waals surface area contributed by atoms with Crippen LogP contribution in [0.2, 0.25) is 0 Å². The first-order chi connectivity index (χ1) is 8.40. The molecule has 0 bridgehead atoms. The van der Waals surface area contributed by atoms with Gasteiger partial charge in [0.05, 0.1) is 12.0 Å².